The Balaban J connectivity index is 1.72. The normalized spacial score (nSPS) is 13.8. The van der Waals surface area contributed by atoms with Gasteiger partial charge in [-0.15, -0.1) is 0 Å². The predicted octanol–water partition coefficient (Wildman–Crippen LogP) is 2.10. The smallest absolute Gasteiger partial charge is 0.227 e. The fraction of sp³-hybridized carbons (Fsp3) is 0.235. The number of fused-ring (bicyclic) bond motifs is 1. The van der Waals surface area contributed by atoms with Crippen molar-refractivity contribution >= 4 is 11.6 Å². The number of nitrogens with zero attached hydrogens (tertiary/aromatic N) is 1. The second-order valence-corrected chi connectivity index (χ2v) is 5.39. The SMILES string of the molecule is Nc1cccc2c1CN(C(=O)Cc1ccc(O)cc1)CC2. The number of nitrogens with two attached hydrogens (primary N) is 1. The minimum absolute atomic E-state index is 0.0922. The summed E-state index contributed by atoms with van der Waals surface area (Å²) < 4.78 is 0. The average Bonchev–Trinajstić information content (AvgIpc) is 2.50. The lowest BCUT2D eigenvalue weighted by Gasteiger charge is -2.29. The molecule has 0 radical (unpaired) electrons. The Morgan fingerprint density at radius 1 is 1.19 bits per heavy atom. The molecule has 0 aromatic heterocycles. The highest BCUT2D eigenvalue weighted by molar-refractivity contribution is 5.79. The van der Waals surface area contributed by atoms with Gasteiger partial charge in [-0.2, -0.15) is 0 Å². The Labute approximate surface area is 123 Å². The quantitative estimate of drug-likeness (QED) is 0.829. The fourth-order valence-electron chi connectivity index (χ4n) is 2.72. The van der Waals surface area contributed by atoms with Crippen LogP contribution in [-0.2, 0) is 24.2 Å². The monoisotopic (exact) mass is 282 g/mol. The summed E-state index contributed by atoms with van der Waals surface area (Å²) in [5, 5.41) is 9.27. The summed E-state index contributed by atoms with van der Waals surface area (Å²) in [6, 6.07) is 12.7. The molecule has 3 N–H and O–H groups in total. The van der Waals surface area contributed by atoms with E-state index in [0.29, 0.717) is 13.0 Å². The first-order valence-corrected chi connectivity index (χ1v) is 7.05. The van der Waals surface area contributed by atoms with Gasteiger partial charge in [-0.1, -0.05) is 24.3 Å². The molecule has 0 aliphatic carbocycles. The summed E-state index contributed by atoms with van der Waals surface area (Å²) in [5.41, 5.74) is 9.98. The van der Waals surface area contributed by atoms with Crippen molar-refractivity contribution < 1.29 is 9.90 Å². The van der Waals surface area contributed by atoms with Gasteiger partial charge in [-0.25, -0.2) is 0 Å². The van der Waals surface area contributed by atoms with Crippen molar-refractivity contribution in [1.82, 2.24) is 4.90 Å². The number of hydrogen-bond acceptors (Lipinski definition) is 3. The molecule has 0 atom stereocenters. The molecule has 1 aliphatic rings. The molecular formula is C17H18N2O2. The van der Waals surface area contributed by atoms with Crippen molar-refractivity contribution in [2.75, 3.05) is 12.3 Å². The number of phenolic OH excluding ortho intramolecular Hbond substituents is 1. The second kappa shape index (κ2) is 5.48. The van der Waals surface area contributed by atoms with E-state index in [1.165, 1.54) is 5.56 Å². The minimum Gasteiger partial charge on any atom is -0.508 e. The molecule has 2 aromatic carbocycles. The van der Waals surface area contributed by atoms with Gasteiger partial charge in [0.15, 0.2) is 0 Å². The number of aromatic hydroxyl groups is 1. The van der Waals surface area contributed by atoms with Gasteiger partial charge in [0, 0.05) is 18.8 Å². The van der Waals surface area contributed by atoms with Crippen molar-refractivity contribution in [1.29, 1.82) is 0 Å². The summed E-state index contributed by atoms with van der Waals surface area (Å²) >= 11 is 0. The Morgan fingerprint density at radius 3 is 2.71 bits per heavy atom. The molecule has 0 saturated carbocycles. The van der Waals surface area contributed by atoms with Crippen molar-refractivity contribution in [2.45, 2.75) is 19.4 Å². The van der Waals surface area contributed by atoms with Crippen LogP contribution in [0.5, 0.6) is 5.75 Å². The lowest BCUT2D eigenvalue weighted by atomic mass is 9.97. The summed E-state index contributed by atoms with van der Waals surface area (Å²) in [4.78, 5) is 14.2. The minimum atomic E-state index is 0.0922. The van der Waals surface area contributed by atoms with Crippen LogP contribution in [0, 0.1) is 0 Å². The molecule has 1 amide bonds. The Hall–Kier alpha value is -2.49. The topological polar surface area (TPSA) is 66.6 Å². The number of benzene rings is 2. The maximum atomic E-state index is 12.4. The fourth-order valence-corrected chi connectivity index (χ4v) is 2.72. The molecule has 0 bridgehead atoms. The highest BCUT2D eigenvalue weighted by Crippen LogP contribution is 2.24. The lowest BCUT2D eigenvalue weighted by Crippen LogP contribution is -2.37. The van der Waals surface area contributed by atoms with E-state index in [1.807, 2.05) is 17.0 Å². The van der Waals surface area contributed by atoms with E-state index in [-0.39, 0.29) is 11.7 Å². The van der Waals surface area contributed by atoms with Crippen LogP contribution < -0.4 is 5.73 Å². The molecule has 21 heavy (non-hydrogen) atoms. The maximum Gasteiger partial charge on any atom is 0.227 e. The van der Waals surface area contributed by atoms with E-state index < -0.39 is 0 Å². The van der Waals surface area contributed by atoms with E-state index in [9.17, 15) is 9.90 Å². The van der Waals surface area contributed by atoms with Crippen LogP contribution in [0.3, 0.4) is 0 Å². The molecular weight excluding hydrogens is 264 g/mol. The summed E-state index contributed by atoms with van der Waals surface area (Å²) in [7, 11) is 0. The zero-order chi connectivity index (χ0) is 14.8. The van der Waals surface area contributed by atoms with Crippen molar-refractivity contribution in [3.05, 3.63) is 59.2 Å². The zero-order valence-corrected chi connectivity index (χ0v) is 11.7. The van der Waals surface area contributed by atoms with Gasteiger partial charge in [0.25, 0.3) is 0 Å². The number of hydrogen-bond donors (Lipinski definition) is 2. The number of carbonyl (C=O) groups is 1. The first kappa shape index (κ1) is 13.5. The van der Waals surface area contributed by atoms with E-state index in [0.717, 1.165) is 29.8 Å². The van der Waals surface area contributed by atoms with Crippen LogP contribution in [0.2, 0.25) is 0 Å². The van der Waals surface area contributed by atoms with E-state index in [4.69, 9.17) is 5.73 Å². The third-order valence-electron chi connectivity index (χ3n) is 3.95. The first-order valence-electron chi connectivity index (χ1n) is 7.05. The lowest BCUT2D eigenvalue weighted by molar-refractivity contribution is -0.131. The molecule has 1 aliphatic heterocycles. The number of rotatable bonds is 2. The van der Waals surface area contributed by atoms with E-state index in [2.05, 4.69) is 6.07 Å². The van der Waals surface area contributed by atoms with E-state index >= 15 is 0 Å². The predicted molar refractivity (Wildman–Crippen MR) is 81.8 cm³/mol. The van der Waals surface area contributed by atoms with Gasteiger partial charge in [-0.3, -0.25) is 4.79 Å². The number of amides is 1. The van der Waals surface area contributed by atoms with Gasteiger partial charge in [-0.05, 0) is 41.3 Å². The van der Waals surface area contributed by atoms with Gasteiger partial charge in [0.1, 0.15) is 5.75 Å². The number of phenols is 1. The Bertz CT molecular complexity index is 665. The molecule has 4 nitrogen and oxygen atoms in total. The third-order valence-corrected chi connectivity index (χ3v) is 3.95. The van der Waals surface area contributed by atoms with Crippen LogP contribution in [0.1, 0.15) is 16.7 Å². The zero-order valence-electron chi connectivity index (χ0n) is 11.7. The van der Waals surface area contributed by atoms with Gasteiger partial charge >= 0.3 is 0 Å². The highest BCUT2D eigenvalue weighted by atomic mass is 16.3. The Morgan fingerprint density at radius 2 is 1.95 bits per heavy atom. The molecule has 0 unspecified atom stereocenters. The van der Waals surface area contributed by atoms with Crippen LogP contribution in [0.4, 0.5) is 5.69 Å². The first-order chi connectivity index (χ1) is 10.1. The van der Waals surface area contributed by atoms with Gasteiger partial charge < -0.3 is 15.7 Å². The average molecular weight is 282 g/mol. The number of nitrogen functional groups attached to an aromatic ring is 1. The molecule has 3 rings (SSSR count). The largest absolute Gasteiger partial charge is 0.508 e. The van der Waals surface area contributed by atoms with Gasteiger partial charge in [0.2, 0.25) is 5.91 Å². The van der Waals surface area contributed by atoms with Crippen molar-refractivity contribution in [3.8, 4) is 5.75 Å². The molecule has 2 aromatic rings. The number of anilines is 1. The summed E-state index contributed by atoms with van der Waals surface area (Å²) in [6.07, 6.45) is 1.20. The molecule has 4 heteroatoms. The molecule has 0 spiro atoms. The molecule has 0 saturated heterocycles. The third kappa shape index (κ3) is 2.84. The molecule has 1 heterocycles. The standard InChI is InChI=1S/C17H18N2O2/c18-16-3-1-2-13-8-9-19(11-15(13)16)17(21)10-12-4-6-14(20)7-5-12/h1-7,20H,8-11,18H2. The summed E-state index contributed by atoms with van der Waals surface area (Å²) in [5.74, 6) is 0.306. The van der Waals surface area contributed by atoms with Crippen LogP contribution >= 0.6 is 0 Å². The van der Waals surface area contributed by atoms with Crippen LogP contribution in [0.15, 0.2) is 42.5 Å². The van der Waals surface area contributed by atoms with E-state index in [1.54, 1.807) is 24.3 Å². The maximum absolute atomic E-state index is 12.4. The van der Waals surface area contributed by atoms with Crippen molar-refractivity contribution in [2.24, 2.45) is 0 Å². The summed E-state index contributed by atoms with van der Waals surface area (Å²) in [6.45, 7) is 1.31. The second-order valence-electron chi connectivity index (χ2n) is 5.39. The van der Waals surface area contributed by atoms with Crippen LogP contribution in [0.25, 0.3) is 0 Å². The highest BCUT2D eigenvalue weighted by Gasteiger charge is 2.22. The van der Waals surface area contributed by atoms with Crippen LogP contribution in [-0.4, -0.2) is 22.5 Å². The Kier molecular flexibility index (Phi) is 3.52. The number of carbonyl (C=O) groups excluding carboxylic acids is 1. The van der Waals surface area contributed by atoms with Crippen molar-refractivity contribution in [3.63, 3.8) is 0 Å². The van der Waals surface area contributed by atoms with Gasteiger partial charge in [0.05, 0.1) is 6.42 Å². The molecule has 108 valence electrons. The molecule has 0 fully saturated rings.